The number of hydrogen-bond donors (Lipinski definition) is 0. The van der Waals surface area contributed by atoms with Crippen molar-refractivity contribution in [2.24, 2.45) is 0 Å². The molecule has 1 aliphatic heterocycles. The third-order valence-corrected chi connectivity index (χ3v) is 7.27. The Morgan fingerprint density at radius 1 is 1.33 bits per heavy atom. The molecular formula is C9H10INS. The van der Waals surface area contributed by atoms with Crippen molar-refractivity contribution in [3.63, 3.8) is 0 Å². The summed E-state index contributed by atoms with van der Waals surface area (Å²) in [6.07, 6.45) is 0. The predicted octanol–water partition coefficient (Wildman–Crippen LogP) is 3.21. The second-order valence-corrected chi connectivity index (χ2v) is 6.95. The fourth-order valence-electron chi connectivity index (χ4n) is 1.43. The van der Waals surface area contributed by atoms with Gasteiger partial charge in [-0.3, -0.25) is 0 Å². The normalized spacial score (nSPS) is 21.4. The molecule has 1 atom stereocenters. The molecule has 1 heterocycles. The Morgan fingerprint density at radius 2 is 2.00 bits per heavy atom. The standard InChI is InChI=1S/C9H10INS/c1-7-8-5-3-4-6-9(8)11(2)12(7)10/h3-6H,1-2H3. The Hall–Kier alpha value is -0.0300. The Morgan fingerprint density at radius 3 is 2.67 bits per heavy atom. The van der Waals surface area contributed by atoms with E-state index >= 15 is 0 Å². The molecule has 0 bridgehead atoms. The highest BCUT2D eigenvalue weighted by Gasteiger charge is 2.19. The fraction of sp³-hybridized carbons (Fsp3) is 0.222. The molecule has 0 fully saturated rings. The molecule has 3 heteroatoms. The van der Waals surface area contributed by atoms with Gasteiger partial charge in [-0.1, -0.05) is 18.2 Å². The van der Waals surface area contributed by atoms with E-state index in [-0.39, 0.29) is 7.84 Å². The monoisotopic (exact) mass is 291 g/mol. The number of rotatable bonds is 0. The van der Waals surface area contributed by atoms with E-state index in [0.29, 0.717) is 0 Å². The zero-order valence-corrected chi connectivity index (χ0v) is 10.0. The van der Waals surface area contributed by atoms with Gasteiger partial charge in [-0.25, -0.2) is 0 Å². The maximum atomic E-state index is 2.50. The van der Waals surface area contributed by atoms with Crippen molar-refractivity contribution in [1.82, 2.24) is 0 Å². The highest BCUT2D eigenvalue weighted by atomic mass is 127. The van der Waals surface area contributed by atoms with Gasteiger partial charge >= 0.3 is 0 Å². The van der Waals surface area contributed by atoms with Gasteiger partial charge in [0.25, 0.3) is 0 Å². The van der Waals surface area contributed by atoms with E-state index in [1.54, 1.807) is 0 Å². The van der Waals surface area contributed by atoms with Crippen LogP contribution in [0.2, 0.25) is 0 Å². The predicted molar refractivity (Wildman–Crippen MR) is 66.2 cm³/mol. The quantitative estimate of drug-likeness (QED) is 0.524. The topological polar surface area (TPSA) is 3.24 Å². The average molecular weight is 291 g/mol. The molecule has 2 rings (SSSR count). The first kappa shape index (κ1) is 8.56. The minimum Gasteiger partial charge on any atom is -0.316 e. The molecule has 64 valence electrons. The van der Waals surface area contributed by atoms with Crippen molar-refractivity contribution < 1.29 is 0 Å². The number of fused-ring (bicyclic) bond motifs is 1. The van der Waals surface area contributed by atoms with Gasteiger partial charge in [0.15, 0.2) is 0 Å². The lowest BCUT2D eigenvalue weighted by atomic mass is 10.1. The Kier molecular flexibility index (Phi) is 2.16. The van der Waals surface area contributed by atoms with Crippen LogP contribution in [0, 0.1) is 0 Å². The molecule has 0 saturated heterocycles. The van der Waals surface area contributed by atoms with Crippen LogP contribution in [-0.2, 0) is 0 Å². The van der Waals surface area contributed by atoms with Crippen LogP contribution >= 0.6 is 29.0 Å². The smallest absolute Gasteiger partial charge is 0.0549 e. The number of halogens is 1. The van der Waals surface area contributed by atoms with Crippen molar-refractivity contribution in [3.05, 3.63) is 29.8 Å². The number of anilines is 1. The number of nitrogens with zero attached hydrogens (tertiary/aromatic N) is 1. The fourth-order valence-corrected chi connectivity index (χ4v) is 3.87. The molecule has 0 aliphatic carbocycles. The summed E-state index contributed by atoms with van der Waals surface area (Å²) < 4.78 is 2.34. The maximum absolute atomic E-state index is 2.50. The van der Waals surface area contributed by atoms with Gasteiger partial charge in [-0.05, 0) is 20.8 Å². The van der Waals surface area contributed by atoms with Crippen molar-refractivity contribution in [3.8, 4) is 0 Å². The molecule has 0 aromatic heterocycles. The first-order chi connectivity index (χ1) is 5.72. The lowest BCUT2D eigenvalue weighted by molar-refractivity contribution is 1.37. The SMILES string of the molecule is CC1=S(I)N(C)c2ccccc21. The molecule has 1 aromatic carbocycles. The number of para-hydroxylation sites is 1. The largest absolute Gasteiger partial charge is 0.316 e. The van der Waals surface area contributed by atoms with Gasteiger partial charge in [0.05, 0.1) is 5.69 Å². The van der Waals surface area contributed by atoms with Crippen LogP contribution in [0.15, 0.2) is 24.3 Å². The summed E-state index contributed by atoms with van der Waals surface area (Å²) in [5.74, 6) is 0. The highest BCUT2D eigenvalue weighted by molar-refractivity contribution is 14.2. The molecule has 12 heavy (non-hydrogen) atoms. The van der Waals surface area contributed by atoms with E-state index in [1.807, 2.05) is 0 Å². The van der Waals surface area contributed by atoms with Crippen LogP contribution in [0.3, 0.4) is 0 Å². The van der Waals surface area contributed by atoms with Crippen LogP contribution < -0.4 is 4.31 Å². The first-order valence-electron chi connectivity index (χ1n) is 3.79. The maximum Gasteiger partial charge on any atom is 0.0549 e. The molecule has 0 N–H and O–H groups in total. The van der Waals surface area contributed by atoms with Crippen LogP contribution in [0.1, 0.15) is 12.5 Å². The Bertz CT molecular complexity index is 359. The van der Waals surface area contributed by atoms with Crippen LogP contribution in [0.25, 0.3) is 0 Å². The van der Waals surface area contributed by atoms with Gasteiger partial charge in [0, 0.05) is 38.7 Å². The minimum absolute atomic E-state index is 0.261. The van der Waals surface area contributed by atoms with Crippen LogP contribution in [0.5, 0.6) is 0 Å². The third-order valence-electron chi connectivity index (χ3n) is 2.12. The Labute approximate surface area is 87.4 Å². The number of hydrogen-bond acceptors (Lipinski definition) is 1. The molecular weight excluding hydrogens is 281 g/mol. The van der Waals surface area contributed by atoms with Gasteiger partial charge in [-0.2, -0.15) is 0 Å². The van der Waals surface area contributed by atoms with E-state index in [0.717, 1.165) is 0 Å². The lowest BCUT2D eigenvalue weighted by Crippen LogP contribution is -2.01. The molecule has 0 amide bonds. The van der Waals surface area contributed by atoms with Crippen molar-refractivity contribution in [2.45, 2.75) is 6.92 Å². The van der Waals surface area contributed by atoms with Crippen molar-refractivity contribution >= 4 is 39.6 Å². The molecule has 0 saturated carbocycles. The third kappa shape index (κ3) is 1.10. The second kappa shape index (κ2) is 3.03. The molecule has 0 radical (unpaired) electrons. The van der Waals surface area contributed by atoms with Crippen molar-refractivity contribution in [2.75, 3.05) is 11.4 Å². The summed E-state index contributed by atoms with van der Waals surface area (Å²) in [7, 11) is 2.42. The lowest BCUT2D eigenvalue weighted by Gasteiger charge is -2.13. The van der Waals surface area contributed by atoms with Gasteiger partial charge < -0.3 is 4.31 Å². The van der Waals surface area contributed by atoms with Crippen molar-refractivity contribution in [1.29, 1.82) is 0 Å². The summed E-state index contributed by atoms with van der Waals surface area (Å²) in [6, 6.07) is 8.59. The zero-order valence-electron chi connectivity index (χ0n) is 7.04. The Balaban J connectivity index is 2.65. The summed E-state index contributed by atoms with van der Waals surface area (Å²) >= 11 is 2.50. The molecule has 0 spiro atoms. The first-order valence-corrected chi connectivity index (χ1v) is 7.51. The summed E-state index contributed by atoms with van der Waals surface area (Å²) in [5, 5.41) is 0. The summed E-state index contributed by atoms with van der Waals surface area (Å²) in [4.78, 5) is 1.49. The van der Waals surface area contributed by atoms with Gasteiger partial charge in [-0.15, -0.1) is 0 Å². The molecule has 1 aliphatic rings. The average Bonchev–Trinajstić information content (AvgIpc) is 2.33. The molecule has 1 aromatic rings. The number of benzene rings is 1. The van der Waals surface area contributed by atoms with E-state index in [4.69, 9.17) is 0 Å². The second-order valence-electron chi connectivity index (χ2n) is 2.81. The van der Waals surface area contributed by atoms with E-state index in [2.05, 4.69) is 63.7 Å². The zero-order chi connectivity index (χ0) is 8.72. The van der Waals surface area contributed by atoms with E-state index in [1.165, 1.54) is 16.1 Å². The van der Waals surface area contributed by atoms with E-state index < -0.39 is 0 Å². The van der Waals surface area contributed by atoms with Gasteiger partial charge in [0.2, 0.25) is 0 Å². The summed E-state index contributed by atoms with van der Waals surface area (Å²) in [6.45, 7) is 2.22. The summed E-state index contributed by atoms with van der Waals surface area (Å²) in [5.41, 5.74) is 2.78. The highest BCUT2D eigenvalue weighted by Crippen LogP contribution is 2.43. The van der Waals surface area contributed by atoms with Crippen LogP contribution in [0.4, 0.5) is 5.69 Å². The molecule has 1 unspecified atom stereocenters. The molecule has 1 nitrogen and oxygen atoms in total. The minimum atomic E-state index is 0.261. The van der Waals surface area contributed by atoms with E-state index in [9.17, 15) is 0 Å². The van der Waals surface area contributed by atoms with Crippen LogP contribution in [-0.4, -0.2) is 11.9 Å². The van der Waals surface area contributed by atoms with Gasteiger partial charge in [0.1, 0.15) is 0 Å².